The zero-order valence-electron chi connectivity index (χ0n) is 9.32. The molecule has 0 saturated heterocycles. The monoisotopic (exact) mass is 308 g/mol. The lowest BCUT2D eigenvalue weighted by Gasteiger charge is -2.07. The highest BCUT2D eigenvalue weighted by atomic mass is 79.9. The van der Waals surface area contributed by atoms with Crippen molar-refractivity contribution in [2.45, 2.75) is 18.3 Å². The highest BCUT2D eigenvalue weighted by molar-refractivity contribution is 9.10. The summed E-state index contributed by atoms with van der Waals surface area (Å²) in [4.78, 5) is 4.75. The normalized spacial score (nSPS) is 17.1. The first-order valence-corrected chi connectivity index (χ1v) is 7.33. The number of rotatable bonds is 3. The van der Waals surface area contributed by atoms with Crippen molar-refractivity contribution in [3.63, 3.8) is 0 Å². The van der Waals surface area contributed by atoms with Crippen molar-refractivity contribution in [3.8, 4) is 11.3 Å². The van der Waals surface area contributed by atoms with Crippen LogP contribution in [-0.4, -0.2) is 11.5 Å². The Morgan fingerprint density at radius 2 is 2.12 bits per heavy atom. The maximum absolute atomic E-state index is 5.84. The number of nitrogens with zero attached hydrogens (tertiary/aromatic N) is 1. The number of hydrogen-bond donors (Lipinski definition) is 1. The molecule has 0 aliphatic heterocycles. The third-order valence-electron chi connectivity index (χ3n) is 3.35. The molecule has 0 radical (unpaired) electrons. The number of nitrogens with two attached hydrogens (primary N) is 1. The van der Waals surface area contributed by atoms with Gasteiger partial charge >= 0.3 is 0 Å². The van der Waals surface area contributed by atoms with Crippen molar-refractivity contribution < 1.29 is 0 Å². The van der Waals surface area contributed by atoms with Gasteiger partial charge < -0.3 is 5.73 Å². The van der Waals surface area contributed by atoms with Crippen LogP contribution in [-0.2, 0) is 5.41 Å². The number of hydrogen-bond acceptors (Lipinski definition) is 3. The van der Waals surface area contributed by atoms with E-state index in [-0.39, 0.29) is 5.41 Å². The minimum absolute atomic E-state index is 0.199. The Hall–Kier alpha value is -0.710. The molecule has 2 aromatic rings. The predicted octanol–water partition coefficient (Wildman–Crippen LogP) is 3.56. The van der Waals surface area contributed by atoms with E-state index in [2.05, 4.69) is 27.4 Å². The summed E-state index contributed by atoms with van der Waals surface area (Å²) in [7, 11) is 0. The Bertz CT molecular complexity index is 546. The molecule has 1 aliphatic rings. The van der Waals surface area contributed by atoms with Gasteiger partial charge in [0, 0.05) is 27.4 Å². The Morgan fingerprint density at radius 3 is 2.76 bits per heavy atom. The molecule has 1 heterocycles. The van der Waals surface area contributed by atoms with Crippen molar-refractivity contribution in [3.05, 3.63) is 39.1 Å². The van der Waals surface area contributed by atoms with Gasteiger partial charge in [-0.25, -0.2) is 4.98 Å². The molecule has 88 valence electrons. The first-order chi connectivity index (χ1) is 8.25. The molecule has 1 aliphatic carbocycles. The van der Waals surface area contributed by atoms with Gasteiger partial charge in [-0.1, -0.05) is 34.1 Å². The molecule has 4 heteroatoms. The summed E-state index contributed by atoms with van der Waals surface area (Å²) in [5, 5.41) is 3.33. The molecule has 2 nitrogen and oxygen atoms in total. The quantitative estimate of drug-likeness (QED) is 0.941. The highest BCUT2D eigenvalue weighted by Gasteiger charge is 2.45. The van der Waals surface area contributed by atoms with Crippen molar-refractivity contribution in [2.24, 2.45) is 5.73 Å². The number of halogens is 1. The molecule has 17 heavy (non-hydrogen) atoms. The van der Waals surface area contributed by atoms with E-state index in [1.54, 1.807) is 11.3 Å². The van der Waals surface area contributed by atoms with Crippen LogP contribution in [0, 0.1) is 0 Å². The minimum Gasteiger partial charge on any atom is -0.329 e. The molecule has 3 rings (SSSR count). The average molecular weight is 309 g/mol. The second-order valence-electron chi connectivity index (χ2n) is 4.50. The summed E-state index contributed by atoms with van der Waals surface area (Å²) in [6, 6.07) is 8.19. The Kier molecular flexibility index (Phi) is 2.81. The molecule has 0 atom stereocenters. The molecule has 1 saturated carbocycles. The van der Waals surface area contributed by atoms with Gasteiger partial charge in [0.25, 0.3) is 0 Å². The molecule has 1 aromatic heterocycles. The smallest absolute Gasteiger partial charge is 0.101 e. The zero-order valence-corrected chi connectivity index (χ0v) is 11.7. The van der Waals surface area contributed by atoms with Gasteiger partial charge in [0.2, 0.25) is 0 Å². The lowest BCUT2D eigenvalue weighted by atomic mass is 10.1. The van der Waals surface area contributed by atoms with Crippen LogP contribution in [0.25, 0.3) is 11.3 Å². The highest BCUT2D eigenvalue weighted by Crippen LogP contribution is 2.49. The summed E-state index contributed by atoms with van der Waals surface area (Å²) in [6.45, 7) is 0.718. The number of benzene rings is 1. The van der Waals surface area contributed by atoms with E-state index in [1.165, 1.54) is 17.8 Å². The molecular weight excluding hydrogens is 296 g/mol. The Balaban J connectivity index is 1.99. The van der Waals surface area contributed by atoms with E-state index in [1.807, 2.05) is 18.2 Å². The van der Waals surface area contributed by atoms with Gasteiger partial charge in [-0.2, -0.15) is 0 Å². The van der Waals surface area contributed by atoms with E-state index < -0.39 is 0 Å². The Labute approximate surface area is 113 Å². The molecule has 1 fully saturated rings. The zero-order chi connectivity index (χ0) is 11.9. The predicted molar refractivity (Wildman–Crippen MR) is 75.2 cm³/mol. The first-order valence-electron chi connectivity index (χ1n) is 5.66. The summed E-state index contributed by atoms with van der Waals surface area (Å²) in [5.74, 6) is 0. The SMILES string of the molecule is NCC1(c2nc(-c3ccccc3Br)cs2)CC1. The minimum atomic E-state index is 0.199. The second kappa shape index (κ2) is 4.19. The fraction of sp³-hybridized carbons (Fsp3) is 0.308. The maximum atomic E-state index is 5.84. The third kappa shape index (κ3) is 1.94. The van der Waals surface area contributed by atoms with E-state index in [0.717, 1.165) is 22.3 Å². The van der Waals surface area contributed by atoms with Gasteiger partial charge in [-0.3, -0.25) is 0 Å². The van der Waals surface area contributed by atoms with Crippen LogP contribution in [0.2, 0.25) is 0 Å². The second-order valence-corrected chi connectivity index (χ2v) is 6.21. The molecule has 0 spiro atoms. The lowest BCUT2D eigenvalue weighted by Crippen LogP contribution is -2.19. The van der Waals surface area contributed by atoms with Crippen LogP contribution in [0.3, 0.4) is 0 Å². The van der Waals surface area contributed by atoms with Crippen LogP contribution in [0.5, 0.6) is 0 Å². The molecule has 0 bridgehead atoms. The van der Waals surface area contributed by atoms with Crippen LogP contribution < -0.4 is 5.73 Å². The largest absolute Gasteiger partial charge is 0.329 e. The van der Waals surface area contributed by atoms with Gasteiger partial charge in [-0.05, 0) is 18.9 Å². The third-order valence-corrected chi connectivity index (χ3v) is 5.13. The topological polar surface area (TPSA) is 38.9 Å². The molecule has 2 N–H and O–H groups in total. The fourth-order valence-corrected chi connectivity index (χ4v) is 3.55. The van der Waals surface area contributed by atoms with Crippen LogP contribution in [0.1, 0.15) is 17.8 Å². The van der Waals surface area contributed by atoms with Crippen molar-refractivity contribution >= 4 is 27.3 Å². The van der Waals surface area contributed by atoms with Crippen molar-refractivity contribution in [1.82, 2.24) is 4.98 Å². The fourth-order valence-electron chi connectivity index (χ4n) is 1.97. The number of aromatic nitrogens is 1. The van der Waals surface area contributed by atoms with E-state index >= 15 is 0 Å². The first kappa shape index (κ1) is 11.4. The van der Waals surface area contributed by atoms with Crippen molar-refractivity contribution in [2.75, 3.05) is 6.54 Å². The van der Waals surface area contributed by atoms with Gasteiger partial charge in [-0.15, -0.1) is 11.3 Å². The average Bonchev–Trinajstić information content (AvgIpc) is 3.00. The number of thiazole rings is 1. The molecular formula is C13H13BrN2S. The Morgan fingerprint density at radius 1 is 1.35 bits per heavy atom. The van der Waals surface area contributed by atoms with E-state index in [9.17, 15) is 0 Å². The van der Waals surface area contributed by atoms with Gasteiger partial charge in [0.1, 0.15) is 5.01 Å². The van der Waals surface area contributed by atoms with E-state index in [4.69, 9.17) is 10.7 Å². The molecule has 1 aromatic carbocycles. The van der Waals surface area contributed by atoms with Crippen LogP contribution in [0.4, 0.5) is 0 Å². The summed E-state index contributed by atoms with van der Waals surface area (Å²) < 4.78 is 1.09. The summed E-state index contributed by atoms with van der Waals surface area (Å²) in [5.41, 5.74) is 8.24. The van der Waals surface area contributed by atoms with Crippen molar-refractivity contribution in [1.29, 1.82) is 0 Å². The van der Waals surface area contributed by atoms with Crippen LogP contribution >= 0.6 is 27.3 Å². The standard InChI is InChI=1S/C13H13BrN2S/c14-10-4-2-1-3-9(10)11-7-17-12(16-11)13(8-15)5-6-13/h1-4,7H,5-6,8,15H2. The molecule has 0 amide bonds. The summed E-state index contributed by atoms with van der Waals surface area (Å²) >= 11 is 5.30. The lowest BCUT2D eigenvalue weighted by molar-refractivity contribution is 0.698. The van der Waals surface area contributed by atoms with Crippen LogP contribution in [0.15, 0.2) is 34.1 Å². The van der Waals surface area contributed by atoms with Gasteiger partial charge in [0.05, 0.1) is 5.69 Å². The summed E-state index contributed by atoms with van der Waals surface area (Å²) in [6.07, 6.45) is 2.37. The van der Waals surface area contributed by atoms with E-state index in [0.29, 0.717) is 0 Å². The van der Waals surface area contributed by atoms with Gasteiger partial charge in [0.15, 0.2) is 0 Å². The molecule has 0 unspecified atom stereocenters. The maximum Gasteiger partial charge on any atom is 0.101 e.